The van der Waals surface area contributed by atoms with Crippen LogP contribution in [0.15, 0.2) is 35.3 Å². The summed E-state index contributed by atoms with van der Waals surface area (Å²) in [5.41, 5.74) is 0.868. The van der Waals surface area contributed by atoms with Gasteiger partial charge in [0.15, 0.2) is 0 Å². The molecular formula is C29H39N3O. The van der Waals surface area contributed by atoms with Crippen molar-refractivity contribution >= 4 is 17.4 Å². The molecule has 1 aromatic carbocycles. The third-order valence-electron chi connectivity index (χ3n) is 10.2. The maximum atomic E-state index is 14.5. The zero-order valence-corrected chi connectivity index (χ0v) is 20.1. The maximum absolute atomic E-state index is 14.5. The van der Waals surface area contributed by atoms with Crippen molar-refractivity contribution in [3.63, 3.8) is 0 Å². The number of para-hydroxylation sites is 1. The molecule has 33 heavy (non-hydrogen) atoms. The van der Waals surface area contributed by atoms with Crippen LogP contribution in [0.25, 0.3) is 0 Å². The fourth-order valence-corrected chi connectivity index (χ4v) is 9.38. The number of carbonyl (C=O) groups excluding carboxylic acids is 1. The molecule has 4 heteroatoms. The lowest BCUT2D eigenvalue weighted by atomic mass is 9.53. The van der Waals surface area contributed by atoms with Crippen molar-refractivity contribution in [3.8, 4) is 0 Å². The van der Waals surface area contributed by atoms with Crippen molar-refractivity contribution in [2.24, 2.45) is 28.2 Å². The first-order valence-corrected chi connectivity index (χ1v) is 13.9. The summed E-state index contributed by atoms with van der Waals surface area (Å²) in [6.45, 7) is 2.25. The Balaban J connectivity index is 1.39. The first-order chi connectivity index (χ1) is 16.2. The number of hydrogen-bond acceptors (Lipinski definition) is 3. The lowest BCUT2D eigenvalue weighted by Crippen LogP contribution is -2.53. The molecule has 2 heterocycles. The molecule has 0 unspecified atom stereocenters. The molecule has 7 aliphatic rings. The summed E-state index contributed by atoms with van der Waals surface area (Å²) >= 11 is 0. The number of anilines is 1. The van der Waals surface area contributed by atoms with Gasteiger partial charge >= 0.3 is 0 Å². The number of nitrogens with zero attached hydrogens (tertiary/aromatic N) is 3. The Morgan fingerprint density at radius 3 is 2.00 bits per heavy atom. The van der Waals surface area contributed by atoms with Gasteiger partial charge in [0.05, 0.1) is 22.7 Å². The Hall–Kier alpha value is -1.68. The number of amides is 1. The van der Waals surface area contributed by atoms with E-state index in [1.165, 1.54) is 70.6 Å². The van der Waals surface area contributed by atoms with Crippen LogP contribution in [-0.4, -0.2) is 41.3 Å². The second-order valence-corrected chi connectivity index (χ2v) is 12.5. The number of likely N-dealkylation sites (tertiary alicyclic amines) is 1. The highest BCUT2D eigenvalue weighted by molar-refractivity contribution is 6.27. The smallest absolute Gasteiger partial charge is 0.240 e. The largest absolute Gasteiger partial charge is 0.293 e. The number of carbonyl (C=O) groups is 1. The van der Waals surface area contributed by atoms with Gasteiger partial charge in [0.2, 0.25) is 5.91 Å². The van der Waals surface area contributed by atoms with Crippen LogP contribution in [0.3, 0.4) is 0 Å². The molecule has 7 fully saturated rings. The van der Waals surface area contributed by atoms with Crippen molar-refractivity contribution in [3.05, 3.63) is 30.3 Å². The van der Waals surface area contributed by atoms with Gasteiger partial charge in [-0.25, -0.2) is 0 Å². The summed E-state index contributed by atoms with van der Waals surface area (Å²) in [7, 11) is 0. The van der Waals surface area contributed by atoms with Gasteiger partial charge in [-0.2, -0.15) is 0 Å². The minimum absolute atomic E-state index is 0.0928. The third kappa shape index (κ3) is 3.19. The van der Waals surface area contributed by atoms with Crippen molar-refractivity contribution in [1.29, 1.82) is 0 Å². The molecule has 1 atom stereocenters. The van der Waals surface area contributed by atoms with E-state index in [2.05, 4.69) is 40.1 Å². The van der Waals surface area contributed by atoms with Crippen LogP contribution in [0.1, 0.15) is 83.5 Å². The Bertz CT molecular complexity index is 906. The standard InChI is InChI=1S/C29H39N3O/c33-27-29(11-5-2-6-12-29)25(31-13-7-8-14-31)26(32(27)24-9-3-1-4-10-24)30-28-18-21-15-22(19-28)17-23(16-21)20-28/h1,3-4,9-10,21-23,25H,2,5-8,11-20H2/t21?,22?,23?,25-,28?/m0/s1. The number of benzene rings is 1. The lowest BCUT2D eigenvalue weighted by molar-refractivity contribution is -0.129. The van der Waals surface area contributed by atoms with Crippen LogP contribution in [0.4, 0.5) is 5.69 Å². The van der Waals surface area contributed by atoms with E-state index in [0.717, 1.165) is 55.2 Å². The van der Waals surface area contributed by atoms with E-state index in [9.17, 15) is 4.79 Å². The van der Waals surface area contributed by atoms with Crippen LogP contribution >= 0.6 is 0 Å². The average Bonchev–Trinajstić information content (AvgIpc) is 3.40. The third-order valence-corrected chi connectivity index (χ3v) is 10.2. The summed E-state index contributed by atoms with van der Waals surface area (Å²) in [4.78, 5) is 25.1. The van der Waals surface area contributed by atoms with Gasteiger partial charge in [-0.1, -0.05) is 37.5 Å². The molecule has 8 rings (SSSR count). The highest BCUT2D eigenvalue weighted by Gasteiger charge is 2.61. The van der Waals surface area contributed by atoms with E-state index in [1.54, 1.807) is 0 Å². The molecule has 4 bridgehead atoms. The average molecular weight is 446 g/mol. The molecule has 4 nitrogen and oxygen atoms in total. The van der Waals surface area contributed by atoms with Crippen molar-refractivity contribution < 1.29 is 4.79 Å². The number of rotatable bonds is 3. The highest BCUT2D eigenvalue weighted by atomic mass is 16.2. The lowest BCUT2D eigenvalue weighted by Gasteiger charge is -2.55. The minimum Gasteiger partial charge on any atom is -0.293 e. The maximum Gasteiger partial charge on any atom is 0.240 e. The van der Waals surface area contributed by atoms with Gasteiger partial charge in [0, 0.05) is 0 Å². The summed E-state index contributed by atoms with van der Waals surface area (Å²) in [5, 5.41) is 0. The molecule has 2 aliphatic heterocycles. The van der Waals surface area contributed by atoms with Gasteiger partial charge in [-0.3, -0.25) is 19.6 Å². The van der Waals surface area contributed by atoms with Crippen LogP contribution in [0, 0.1) is 23.2 Å². The normalized spacial score (nSPS) is 41.0. The molecule has 1 amide bonds. The zero-order chi connectivity index (χ0) is 22.0. The van der Waals surface area contributed by atoms with Gasteiger partial charge in [-0.05, 0) is 107 Å². The summed E-state index contributed by atoms with van der Waals surface area (Å²) in [6.07, 6.45) is 16.3. The van der Waals surface area contributed by atoms with Gasteiger partial charge in [-0.15, -0.1) is 0 Å². The molecule has 2 saturated heterocycles. The Kier molecular flexibility index (Phi) is 4.80. The van der Waals surface area contributed by atoms with Gasteiger partial charge in [0.25, 0.3) is 0 Å². The highest BCUT2D eigenvalue weighted by Crippen LogP contribution is 2.58. The quantitative estimate of drug-likeness (QED) is 0.588. The minimum atomic E-state index is -0.264. The summed E-state index contributed by atoms with van der Waals surface area (Å²) in [6, 6.07) is 10.7. The second kappa shape index (κ2) is 7.66. The fourth-order valence-electron chi connectivity index (χ4n) is 9.38. The fraction of sp³-hybridized carbons (Fsp3) is 0.724. The van der Waals surface area contributed by atoms with Crippen LogP contribution < -0.4 is 4.90 Å². The van der Waals surface area contributed by atoms with E-state index in [1.807, 2.05) is 0 Å². The second-order valence-electron chi connectivity index (χ2n) is 12.5. The molecule has 0 aromatic heterocycles. The van der Waals surface area contributed by atoms with Crippen molar-refractivity contribution in [2.75, 3.05) is 18.0 Å². The molecular weight excluding hydrogens is 406 g/mol. The van der Waals surface area contributed by atoms with Gasteiger partial charge in [0.1, 0.15) is 5.84 Å². The zero-order valence-electron chi connectivity index (χ0n) is 20.1. The first-order valence-electron chi connectivity index (χ1n) is 13.9. The van der Waals surface area contributed by atoms with E-state index in [-0.39, 0.29) is 17.0 Å². The molecule has 1 aromatic rings. The molecule has 0 N–H and O–H groups in total. The summed E-state index contributed by atoms with van der Waals surface area (Å²) < 4.78 is 0. The van der Waals surface area contributed by atoms with E-state index in [0.29, 0.717) is 5.91 Å². The van der Waals surface area contributed by atoms with E-state index < -0.39 is 0 Å². The Morgan fingerprint density at radius 1 is 0.788 bits per heavy atom. The van der Waals surface area contributed by atoms with Gasteiger partial charge < -0.3 is 0 Å². The van der Waals surface area contributed by atoms with E-state index >= 15 is 0 Å². The van der Waals surface area contributed by atoms with Crippen LogP contribution in [0.5, 0.6) is 0 Å². The number of amidine groups is 1. The topological polar surface area (TPSA) is 35.9 Å². The van der Waals surface area contributed by atoms with Crippen LogP contribution in [-0.2, 0) is 4.79 Å². The molecule has 176 valence electrons. The molecule has 5 aliphatic carbocycles. The Morgan fingerprint density at radius 2 is 1.39 bits per heavy atom. The van der Waals surface area contributed by atoms with Crippen LogP contribution in [0.2, 0.25) is 0 Å². The summed E-state index contributed by atoms with van der Waals surface area (Å²) in [5.74, 6) is 4.11. The molecule has 1 spiro atoms. The van der Waals surface area contributed by atoms with Crippen molar-refractivity contribution in [2.45, 2.75) is 95.1 Å². The number of aliphatic imine (C=N–C) groups is 1. The predicted molar refractivity (Wildman–Crippen MR) is 132 cm³/mol. The Labute approximate surface area is 198 Å². The van der Waals surface area contributed by atoms with E-state index in [4.69, 9.17) is 4.99 Å². The molecule has 0 radical (unpaired) electrons. The SMILES string of the molecule is O=C1N(c2ccccc2)C(=NC23CC4CC(CC(C4)C2)C3)[C@H](N2CCCC2)C12CCCCC2. The van der Waals surface area contributed by atoms with Crippen molar-refractivity contribution in [1.82, 2.24) is 4.90 Å². The monoisotopic (exact) mass is 445 g/mol. The molecule has 5 saturated carbocycles. The number of hydrogen-bond donors (Lipinski definition) is 0. The first kappa shape index (κ1) is 20.7. The predicted octanol–water partition coefficient (Wildman–Crippen LogP) is 5.82.